The second kappa shape index (κ2) is 6.06. The molecule has 4 heteroatoms. The average Bonchev–Trinajstić information content (AvgIpc) is 2.80. The second-order valence-electron chi connectivity index (χ2n) is 6.28. The van der Waals surface area contributed by atoms with E-state index in [1.165, 1.54) is 38.0 Å². The molecule has 0 saturated carbocycles. The lowest BCUT2D eigenvalue weighted by atomic mass is 9.76. The predicted octanol–water partition coefficient (Wildman–Crippen LogP) is 2.22. The Hall–Kier alpha value is -0.190. The molecule has 0 amide bonds. The minimum absolute atomic E-state index is 0.750. The van der Waals surface area contributed by atoms with Crippen LogP contribution in [0.25, 0.3) is 0 Å². The molecule has 0 radical (unpaired) electrons. The van der Waals surface area contributed by atoms with E-state index in [-0.39, 0.29) is 0 Å². The van der Waals surface area contributed by atoms with Gasteiger partial charge in [-0.05, 0) is 61.6 Å². The summed E-state index contributed by atoms with van der Waals surface area (Å²) in [7, 11) is 0. The molecule has 3 atom stereocenters. The lowest BCUT2D eigenvalue weighted by Crippen LogP contribution is -2.48. The summed E-state index contributed by atoms with van der Waals surface area (Å²) in [6.45, 7) is 5.76. The van der Waals surface area contributed by atoms with E-state index < -0.39 is 0 Å². The van der Waals surface area contributed by atoms with Gasteiger partial charge in [-0.25, -0.2) is 5.43 Å². The van der Waals surface area contributed by atoms with Gasteiger partial charge in [-0.15, -0.1) is 0 Å². The quantitative estimate of drug-likeness (QED) is 0.826. The van der Waals surface area contributed by atoms with Crippen molar-refractivity contribution in [3.8, 4) is 0 Å². The van der Waals surface area contributed by atoms with E-state index in [1.54, 1.807) is 11.3 Å². The molecule has 0 aromatic rings. The van der Waals surface area contributed by atoms with Gasteiger partial charge >= 0.3 is 0 Å². The van der Waals surface area contributed by atoms with Gasteiger partial charge in [-0.2, -0.15) is 11.8 Å². The Bertz CT molecular complexity index is 355. The van der Waals surface area contributed by atoms with Crippen molar-refractivity contribution in [3.05, 3.63) is 11.3 Å². The molecule has 1 fully saturated rings. The summed E-state index contributed by atoms with van der Waals surface area (Å²) in [6, 6.07) is 0.750. The highest BCUT2D eigenvalue weighted by molar-refractivity contribution is 7.98. The molecule has 1 aliphatic carbocycles. The Labute approximate surface area is 121 Å². The molecular formula is C15H27N3S. The van der Waals surface area contributed by atoms with Crippen LogP contribution in [0.4, 0.5) is 0 Å². The third kappa shape index (κ3) is 2.81. The Morgan fingerprint density at radius 1 is 1.37 bits per heavy atom. The highest BCUT2D eigenvalue weighted by atomic mass is 32.2. The van der Waals surface area contributed by atoms with E-state index in [2.05, 4.69) is 28.9 Å². The van der Waals surface area contributed by atoms with Crippen molar-refractivity contribution in [3.63, 3.8) is 0 Å². The topological polar surface area (TPSA) is 27.3 Å². The number of nitrogens with one attached hydrogen (secondary N) is 2. The molecule has 0 aromatic carbocycles. The molecule has 2 N–H and O–H groups in total. The number of thioether (sulfide) groups is 1. The van der Waals surface area contributed by atoms with Crippen LogP contribution in [-0.2, 0) is 0 Å². The first-order valence-electron chi connectivity index (χ1n) is 7.76. The highest BCUT2D eigenvalue weighted by Crippen LogP contribution is 2.39. The van der Waals surface area contributed by atoms with Crippen molar-refractivity contribution >= 4 is 11.8 Å². The Balaban J connectivity index is 1.67. The lowest BCUT2D eigenvalue weighted by Gasteiger charge is -2.41. The van der Waals surface area contributed by atoms with Crippen LogP contribution in [0.3, 0.4) is 0 Å². The van der Waals surface area contributed by atoms with E-state index in [0.29, 0.717) is 0 Å². The molecule has 0 spiro atoms. The predicted molar refractivity (Wildman–Crippen MR) is 83.0 cm³/mol. The van der Waals surface area contributed by atoms with Crippen LogP contribution in [0.2, 0.25) is 0 Å². The summed E-state index contributed by atoms with van der Waals surface area (Å²) in [5.41, 5.74) is 6.88. The first-order chi connectivity index (χ1) is 9.31. The normalized spacial score (nSPS) is 34.4. The van der Waals surface area contributed by atoms with Gasteiger partial charge in [-0.1, -0.05) is 6.92 Å². The smallest absolute Gasteiger partial charge is 0.0381 e. The van der Waals surface area contributed by atoms with Gasteiger partial charge in [0.25, 0.3) is 0 Å². The minimum atomic E-state index is 0.750. The monoisotopic (exact) mass is 281 g/mol. The van der Waals surface area contributed by atoms with Crippen LogP contribution in [-0.4, -0.2) is 42.7 Å². The van der Waals surface area contributed by atoms with Crippen LogP contribution in [0.1, 0.15) is 32.6 Å². The standard InChI is InChI=1S/C15H27N3S/c1-3-4-18-15-7-12-5-11(10-19-2)8-16-14(12)6-13(15)9-17-18/h11-12,14,16-17H,3-10H2,1-2H3. The van der Waals surface area contributed by atoms with Crippen molar-refractivity contribution in [2.45, 2.75) is 38.6 Å². The zero-order chi connectivity index (χ0) is 13.2. The number of nitrogens with zero attached hydrogens (tertiary/aromatic N) is 1. The first kappa shape index (κ1) is 13.8. The second-order valence-corrected chi connectivity index (χ2v) is 7.19. The number of allylic oxidation sites excluding steroid dienone is 1. The fourth-order valence-corrected chi connectivity index (χ4v) is 4.69. The summed E-state index contributed by atoms with van der Waals surface area (Å²) in [6.07, 6.45) is 7.46. The van der Waals surface area contributed by atoms with Gasteiger partial charge in [0.05, 0.1) is 0 Å². The van der Waals surface area contributed by atoms with Crippen molar-refractivity contribution in [1.29, 1.82) is 0 Å². The Morgan fingerprint density at radius 2 is 2.26 bits per heavy atom. The Kier molecular flexibility index (Phi) is 4.40. The van der Waals surface area contributed by atoms with Crippen LogP contribution >= 0.6 is 11.8 Å². The lowest BCUT2D eigenvalue weighted by molar-refractivity contribution is 0.193. The largest absolute Gasteiger partial charge is 0.313 e. The molecule has 3 rings (SSSR count). The van der Waals surface area contributed by atoms with Gasteiger partial charge in [0.1, 0.15) is 0 Å². The van der Waals surface area contributed by atoms with Crippen molar-refractivity contribution in [2.75, 3.05) is 31.6 Å². The maximum Gasteiger partial charge on any atom is 0.0381 e. The van der Waals surface area contributed by atoms with Crippen molar-refractivity contribution < 1.29 is 0 Å². The summed E-state index contributed by atoms with van der Waals surface area (Å²) in [5, 5.41) is 6.26. The molecule has 0 bridgehead atoms. The van der Waals surface area contributed by atoms with E-state index >= 15 is 0 Å². The SMILES string of the molecule is CCCN1NCC2=C1CC1CC(CSC)CNC1C2. The van der Waals surface area contributed by atoms with Crippen molar-refractivity contribution in [1.82, 2.24) is 15.8 Å². The highest BCUT2D eigenvalue weighted by Gasteiger charge is 2.38. The van der Waals surface area contributed by atoms with Crippen LogP contribution in [0.5, 0.6) is 0 Å². The van der Waals surface area contributed by atoms with E-state index in [4.69, 9.17) is 0 Å². The number of hydrogen-bond acceptors (Lipinski definition) is 4. The molecule has 108 valence electrons. The third-order valence-corrected chi connectivity index (χ3v) is 5.67. The summed E-state index contributed by atoms with van der Waals surface area (Å²) < 4.78 is 0. The minimum Gasteiger partial charge on any atom is -0.313 e. The van der Waals surface area contributed by atoms with Gasteiger partial charge < -0.3 is 10.3 Å². The van der Waals surface area contributed by atoms with Crippen LogP contribution in [0, 0.1) is 11.8 Å². The number of rotatable bonds is 4. The van der Waals surface area contributed by atoms with E-state index in [1.807, 2.05) is 11.8 Å². The van der Waals surface area contributed by atoms with Gasteiger partial charge in [-0.3, -0.25) is 0 Å². The molecule has 0 aromatic heterocycles. The average molecular weight is 281 g/mol. The number of hydrazine groups is 1. The Morgan fingerprint density at radius 3 is 3.05 bits per heavy atom. The molecular weight excluding hydrogens is 254 g/mol. The van der Waals surface area contributed by atoms with Gasteiger partial charge in [0.2, 0.25) is 0 Å². The number of fused-ring (bicyclic) bond motifs is 1. The first-order valence-corrected chi connectivity index (χ1v) is 9.15. The summed E-state index contributed by atoms with van der Waals surface area (Å²) >= 11 is 2.00. The van der Waals surface area contributed by atoms with E-state index in [0.717, 1.165) is 31.0 Å². The maximum atomic E-state index is 3.82. The van der Waals surface area contributed by atoms with Crippen LogP contribution in [0.15, 0.2) is 11.3 Å². The zero-order valence-electron chi connectivity index (χ0n) is 12.2. The third-order valence-electron chi connectivity index (χ3n) is 4.86. The molecule has 2 aliphatic heterocycles. The van der Waals surface area contributed by atoms with E-state index in [9.17, 15) is 0 Å². The molecule has 3 unspecified atom stereocenters. The maximum absolute atomic E-state index is 3.82. The zero-order valence-corrected chi connectivity index (χ0v) is 13.1. The molecule has 19 heavy (non-hydrogen) atoms. The number of piperidine rings is 1. The van der Waals surface area contributed by atoms with Gasteiger partial charge in [0.15, 0.2) is 0 Å². The van der Waals surface area contributed by atoms with Crippen molar-refractivity contribution in [2.24, 2.45) is 11.8 Å². The molecule has 1 saturated heterocycles. The fourth-order valence-electron chi connectivity index (χ4n) is 3.96. The van der Waals surface area contributed by atoms with Crippen LogP contribution < -0.4 is 10.7 Å². The summed E-state index contributed by atoms with van der Waals surface area (Å²) in [5.74, 6) is 3.07. The molecule has 3 aliphatic rings. The molecule has 2 heterocycles. The van der Waals surface area contributed by atoms with Gasteiger partial charge in [0, 0.05) is 24.8 Å². The number of hydrogen-bond donors (Lipinski definition) is 2. The molecule has 3 nitrogen and oxygen atoms in total. The fraction of sp³-hybridized carbons (Fsp3) is 0.867. The summed E-state index contributed by atoms with van der Waals surface area (Å²) in [4.78, 5) is 0.